The third kappa shape index (κ3) is 2.76. The molecule has 0 spiro atoms. The summed E-state index contributed by atoms with van der Waals surface area (Å²) in [6, 6.07) is 13.1. The first-order valence-corrected chi connectivity index (χ1v) is 7.90. The number of hydrogen-bond acceptors (Lipinski definition) is 3. The van der Waals surface area contributed by atoms with Gasteiger partial charge in [0.1, 0.15) is 5.75 Å². The average molecular weight is 338 g/mol. The second kappa shape index (κ2) is 6.37. The van der Waals surface area contributed by atoms with Crippen LogP contribution >= 0.6 is 23.2 Å². The molecule has 0 aromatic heterocycles. The van der Waals surface area contributed by atoms with E-state index in [0.29, 0.717) is 16.5 Å². The van der Waals surface area contributed by atoms with Gasteiger partial charge in [0.25, 0.3) is 0 Å². The molecule has 3 rings (SSSR count). The summed E-state index contributed by atoms with van der Waals surface area (Å²) >= 11 is 12.5. The van der Waals surface area contributed by atoms with Gasteiger partial charge in [0, 0.05) is 12.2 Å². The Hall–Kier alpha value is -1.42. The Balaban J connectivity index is 1.98. The fourth-order valence-corrected chi connectivity index (χ4v) is 3.38. The van der Waals surface area contributed by atoms with Crippen molar-refractivity contribution in [2.45, 2.75) is 18.6 Å². The molecule has 1 fully saturated rings. The fraction of sp³-hybridized carbons (Fsp3) is 0.294. The molecule has 1 heterocycles. The van der Waals surface area contributed by atoms with Crippen LogP contribution in [0.3, 0.4) is 0 Å². The van der Waals surface area contributed by atoms with E-state index in [1.165, 1.54) is 0 Å². The van der Waals surface area contributed by atoms with Gasteiger partial charge in [-0.3, -0.25) is 0 Å². The second-order valence-electron chi connectivity index (χ2n) is 5.34. The van der Waals surface area contributed by atoms with Gasteiger partial charge in [0.05, 0.1) is 29.3 Å². The largest absolute Gasteiger partial charge is 0.497 e. The Labute approximate surface area is 140 Å². The molecule has 1 saturated heterocycles. The second-order valence-corrected chi connectivity index (χ2v) is 6.12. The highest BCUT2D eigenvalue weighted by atomic mass is 35.5. The van der Waals surface area contributed by atoms with Gasteiger partial charge >= 0.3 is 0 Å². The maximum absolute atomic E-state index is 10.4. The SMILES string of the molecule is COc1ccc(N2CC[C@@H](O)[C@H]2c2cccc(Cl)c2Cl)cc1. The predicted octanol–water partition coefficient (Wildman–Crippen LogP) is 4.31. The molecule has 0 aliphatic carbocycles. The van der Waals surface area contributed by atoms with Crippen molar-refractivity contribution in [3.63, 3.8) is 0 Å². The maximum atomic E-state index is 10.4. The van der Waals surface area contributed by atoms with Gasteiger partial charge in [0.15, 0.2) is 0 Å². The van der Waals surface area contributed by atoms with Crippen LogP contribution in [0.15, 0.2) is 42.5 Å². The standard InChI is InChI=1S/C17H17Cl2NO2/c1-22-12-7-5-11(6-8-12)20-10-9-15(21)17(20)13-3-2-4-14(18)16(13)19/h2-8,15,17,21H,9-10H2,1H3/t15-,17-/m1/s1. The van der Waals surface area contributed by atoms with Crippen LogP contribution in [-0.4, -0.2) is 24.9 Å². The zero-order valence-electron chi connectivity index (χ0n) is 12.2. The summed E-state index contributed by atoms with van der Waals surface area (Å²) in [6.45, 7) is 0.765. The summed E-state index contributed by atoms with van der Waals surface area (Å²) < 4.78 is 5.19. The third-order valence-electron chi connectivity index (χ3n) is 4.07. The summed E-state index contributed by atoms with van der Waals surface area (Å²) in [6.07, 6.45) is 0.220. The van der Waals surface area contributed by atoms with E-state index in [0.717, 1.165) is 23.5 Å². The quantitative estimate of drug-likeness (QED) is 0.905. The minimum Gasteiger partial charge on any atom is -0.497 e. The minimum absolute atomic E-state index is 0.195. The van der Waals surface area contributed by atoms with Gasteiger partial charge in [-0.15, -0.1) is 0 Å². The van der Waals surface area contributed by atoms with Gasteiger partial charge in [-0.1, -0.05) is 35.3 Å². The summed E-state index contributed by atoms with van der Waals surface area (Å²) in [4.78, 5) is 2.15. The normalized spacial score (nSPS) is 21.2. The number of halogens is 2. The number of methoxy groups -OCH3 is 1. The highest BCUT2D eigenvalue weighted by Gasteiger charge is 2.35. The molecule has 5 heteroatoms. The van der Waals surface area contributed by atoms with Crippen LogP contribution in [0.25, 0.3) is 0 Å². The van der Waals surface area contributed by atoms with Crippen molar-refractivity contribution in [2.24, 2.45) is 0 Å². The van der Waals surface area contributed by atoms with E-state index in [9.17, 15) is 5.11 Å². The summed E-state index contributed by atoms with van der Waals surface area (Å²) in [5.41, 5.74) is 1.88. The van der Waals surface area contributed by atoms with Crippen molar-refractivity contribution in [2.75, 3.05) is 18.6 Å². The lowest BCUT2D eigenvalue weighted by molar-refractivity contribution is 0.165. The van der Waals surface area contributed by atoms with Crippen LogP contribution in [0, 0.1) is 0 Å². The number of benzene rings is 2. The molecular formula is C17H17Cl2NO2. The van der Waals surface area contributed by atoms with E-state index in [2.05, 4.69) is 4.90 Å². The fourth-order valence-electron chi connectivity index (χ4n) is 2.96. The lowest BCUT2D eigenvalue weighted by Crippen LogP contribution is -2.27. The molecule has 1 aliphatic rings. The molecule has 1 aliphatic heterocycles. The van der Waals surface area contributed by atoms with E-state index in [-0.39, 0.29) is 6.04 Å². The van der Waals surface area contributed by atoms with Crippen LogP contribution in [-0.2, 0) is 0 Å². The first kappa shape index (κ1) is 15.5. The van der Waals surface area contributed by atoms with Crippen molar-refractivity contribution >= 4 is 28.9 Å². The molecular weight excluding hydrogens is 321 g/mol. The number of aliphatic hydroxyl groups is 1. The Morgan fingerprint density at radius 2 is 1.86 bits per heavy atom. The zero-order chi connectivity index (χ0) is 15.7. The molecule has 0 radical (unpaired) electrons. The lowest BCUT2D eigenvalue weighted by Gasteiger charge is -2.29. The molecule has 2 aromatic carbocycles. The molecule has 2 atom stereocenters. The Kier molecular flexibility index (Phi) is 4.48. The van der Waals surface area contributed by atoms with E-state index in [1.807, 2.05) is 36.4 Å². The van der Waals surface area contributed by atoms with Gasteiger partial charge < -0.3 is 14.7 Å². The Morgan fingerprint density at radius 3 is 2.55 bits per heavy atom. The van der Waals surface area contributed by atoms with Crippen molar-refractivity contribution in [1.82, 2.24) is 0 Å². The highest BCUT2D eigenvalue weighted by molar-refractivity contribution is 6.42. The summed E-state index contributed by atoms with van der Waals surface area (Å²) in [5.74, 6) is 0.806. The van der Waals surface area contributed by atoms with Gasteiger partial charge in [-0.2, -0.15) is 0 Å². The summed E-state index contributed by atoms with van der Waals surface area (Å²) in [7, 11) is 1.64. The van der Waals surface area contributed by atoms with Crippen LogP contribution in [0.5, 0.6) is 5.75 Å². The molecule has 22 heavy (non-hydrogen) atoms. The molecule has 0 bridgehead atoms. The van der Waals surface area contributed by atoms with E-state index in [4.69, 9.17) is 27.9 Å². The van der Waals surface area contributed by atoms with Crippen LogP contribution < -0.4 is 9.64 Å². The molecule has 1 N–H and O–H groups in total. The smallest absolute Gasteiger partial charge is 0.119 e. The van der Waals surface area contributed by atoms with Crippen molar-refractivity contribution in [3.05, 3.63) is 58.1 Å². The third-order valence-corrected chi connectivity index (χ3v) is 4.90. The van der Waals surface area contributed by atoms with Gasteiger partial charge in [0.2, 0.25) is 0 Å². The topological polar surface area (TPSA) is 32.7 Å². The maximum Gasteiger partial charge on any atom is 0.119 e. The van der Waals surface area contributed by atoms with Crippen molar-refractivity contribution < 1.29 is 9.84 Å². The molecule has 2 aromatic rings. The van der Waals surface area contributed by atoms with Crippen molar-refractivity contribution in [1.29, 1.82) is 0 Å². The molecule has 0 saturated carbocycles. The van der Waals surface area contributed by atoms with Crippen LogP contribution in [0.2, 0.25) is 10.0 Å². The van der Waals surface area contributed by atoms with E-state index >= 15 is 0 Å². The average Bonchev–Trinajstić information content (AvgIpc) is 2.92. The first-order chi connectivity index (χ1) is 10.6. The molecule has 0 unspecified atom stereocenters. The molecule has 3 nitrogen and oxygen atoms in total. The lowest BCUT2D eigenvalue weighted by atomic mass is 10.0. The number of hydrogen-bond donors (Lipinski definition) is 1. The van der Waals surface area contributed by atoms with Gasteiger partial charge in [-0.25, -0.2) is 0 Å². The minimum atomic E-state index is -0.474. The first-order valence-electron chi connectivity index (χ1n) is 7.14. The monoisotopic (exact) mass is 337 g/mol. The molecule has 116 valence electrons. The summed E-state index contributed by atoms with van der Waals surface area (Å²) in [5, 5.41) is 11.4. The van der Waals surface area contributed by atoms with E-state index in [1.54, 1.807) is 13.2 Å². The molecule has 0 amide bonds. The Bertz CT molecular complexity index is 660. The number of anilines is 1. The Morgan fingerprint density at radius 1 is 1.14 bits per heavy atom. The predicted molar refractivity (Wildman–Crippen MR) is 90.2 cm³/mol. The number of aliphatic hydroxyl groups excluding tert-OH is 1. The van der Waals surface area contributed by atoms with Crippen LogP contribution in [0.1, 0.15) is 18.0 Å². The number of ether oxygens (including phenoxy) is 1. The van der Waals surface area contributed by atoms with E-state index < -0.39 is 6.10 Å². The van der Waals surface area contributed by atoms with Crippen molar-refractivity contribution in [3.8, 4) is 5.75 Å². The highest BCUT2D eigenvalue weighted by Crippen LogP contribution is 2.41. The zero-order valence-corrected chi connectivity index (χ0v) is 13.7. The number of rotatable bonds is 3. The number of nitrogens with zero attached hydrogens (tertiary/aromatic N) is 1. The van der Waals surface area contributed by atoms with Gasteiger partial charge in [-0.05, 0) is 42.3 Å². The van der Waals surface area contributed by atoms with Crippen LogP contribution in [0.4, 0.5) is 5.69 Å².